The molecule has 2 N–H and O–H groups in total. The normalized spacial score (nSPS) is 19.4. The molecular formula is C18H30N6OS. The summed E-state index contributed by atoms with van der Waals surface area (Å²) in [5, 5.41) is 6.96. The van der Waals surface area contributed by atoms with Crippen molar-refractivity contribution in [2.45, 2.75) is 26.7 Å². The number of anilines is 2. The second-order valence-electron chi connectivity index (χ2n) is 7.20. The van der Waals surface area contributed by atoms with E-state index in [0.717, 1.165) is 69.9 Å². The molecule has 0 unspecified atom stereocenters. The quantitative estimate of drug-likeness (QED) is 0.750. The fourth-order valence-electron chi connectivity index (χ4n) is 3.31. The van der Waals surface area contributed by atoms with Gasteiger partial charge < -0.3 is 20.3 Å². The highest BCUT2D eigenvalue weighted by Crippen LogP contribution is 2.22. The number of rotatable bonds is 5. The SMILES string of the molecule is Cc1cc(N2CCC(C)CC2)nc(NC(=S)NCCN2CCOCC2)n1. The minimum absolute atomic E-state index is 0.571. The molecule has 2 aliphatic heterocycles. The van der Waals surface area contributed by atoms with Crippen LogP contribution in [0.3, 0.4) is 0 Å². The van der Waals surface area contributed by atoms with Crippen LogP contribution in [0.4, 0.5) is 11.8 Å². The van der Waals surface area contributed by atoms with Crippen molar-refractivity contribution < 1.29 is 4.74 Å². The minimum atomic E-state index is 0.571. The average molecular weight is 379 g/mol. The largest absolute Gasteiger partial charge is 0.379 e. The molecule has 0 atom stereocenters. The van der Waals surface area contributed by atoms with Crippen LogP contribution >= 0.6 is 12.2 Å². The lowest BCUT2D eigenvalue weighted by Gasteiger charge is -2.31. The number of thiocarbonyl (C=S) groups is 1. The predicted octanol–water partition coefficient (Wildman–Crippen LogP) is 1.64. The van der Waals surface area contributed by atoms with Crippen LogP contribution in [0.15, 0.2) is 6.07 Å². The summed E-state index contributed by atoms with van der Waals surface area (Å²) in [5.41, 5.74) is 0.951. The van der Waals surface area contributed by atoms with Crippen LogP contribution in [0.5, 0.6) is 0 Å². The molecule has 0 spiro atoms. The maximum atomic E-state index is 5.40. The molecule has 0 bridgehead atoms. The molecule has 144 valence electrons. The third-order valence-corrected chi connectivity index (χ3v) is 5.24. The van der Waals surface area contributed by atoms with Crippen molar-refractivity contribution >= 4 is 29.1 Å². The Labute approximate surface area is 161 Å². The lowest BCUT2D eigenvalue weighted by Crippen LogP contribution is -2.42. The Balaban J connectivity index is 1.49. The van der Waals surface area contributed by atoms with Crippen molar-refractivity contribution in [1.29, 1.82) is 0 Å². The van der Waals surface area contributed by atoms with Crippen LogP contribution < -0.4 is 15.5 Å². The summed E-state index contributed by atoms with van der Waals surface area (Å²) in [6.45, 7) is 11.8. The van der Waals surface area contributed by atoms with Crippen LogP contribution in [-0.2, 0) is 4.74 Å². The molecule has 1 aromatic rings. The first kappa shape index (κ1) is 19.3. The molecule has 3 rings (SSSR count). The summed E-state index contributed by atoms with van der Waals surface area (Å²) in [5.74, 6) is 2.36. The first-order valence-corrected chi connectivity index (χ1v) is 9.96. The minimum Gasteiger partial charge on any atom is -0.379 e. The summed E-state index contributed by atoms with van der Waals surface area (Å²) in [6, 6.07) is 2.05. The second-order valence-corrected chi connectivity index (χ2v) is 7.60. The van der Waals surface area contributed by atoms with Gasteiger partial charge in [-0.15, -0.1) is 0 Å². The average Bonchev–Trinajstić information content (AvgIpc) is 2.62. The highest BCUT2D eigenvalue weighted by molar-refractivity contribution is 7.80. The van der Waals surface area contributed by atoms with E-state index in [0.29, 0.717) is 11.1 Å². The van der Waals surface area contributed by atoms with Crippen molar-refractivity contribution in [3.63, 3.8) is 0 Å². The molecular weight excluding hydrogens is 348 g/mol. The zero-order valence-electron chi connectivity index (χ0n) is 15.8. The smallest absolute Gasteiger partial charge is 0.231 e. The van der Waals surface area contributed by atoms with E-state index in [-0.39, 0.29) is 0 Å². The van der Waals surface area contributed by atoms with E-state index in [2.05, 4.69) is 43.4 Å². The molecule has 2 saturated heterocycles. The van der Waals surface area contributed by atoms with E-state index >= 15 is 0 Å². The summed E-state index contributed by atoms with van der Waals surface area (Å²) in [6.07, 6.45) is 2.43. The second kappa shape index (κ2) is 9.43. The van der Waals surface area contributed by atoms with Gasteiger partial charge >= 0.3 is 0 Å². The van der Waals surface area contributed by atoms with Crippen molar-refractivity contribution in [3.05, 3.63) is 11.8 Å². The van der Waals surface area contributed by atoms with E-state index in [1.807, 2.05) is 6.92 Å². The van der Waals surface area contributed by atoms with Crippen molar-refractivity contribution in [2.24, 2.45) is 5.92 Å². The van der Waals surface area contributed by atoms with Gasteiger partial charge in [0.2, 0.25) is 5.95 Å². The third kappa shape index (κ3) is 5.75. The predicted molar refractivity (Wildman–Crippen MR) is 109 cm³/mol. The standard InChI is InChI=1S/C18H30N6OS/c1-14-3-6-24(7-4-14)16-13-15(2)20-17(21-16)22-18(26)19-5-8-23-9-11-25-12-10-23/h13-14H,3-12H2,1-2H3,(H2,19,20,21,22,26). The van der Waals surface area contributed by atoms with Crippen LogP contribution in [-0.4, -0.2) is 72.5 Å². The molecule has 0 radical (unpaired) electrons. The first-order chi connectivity index (χ1) is 12.6. The first-order valence-electron chi connectivity index (χ1n) is 9.56. The Bertz CT molecular complexity index is 599. The van der Waals surface area contributed by atoms with Gasteiger partial charge in [0.05, 0.1) is 13.2 Å². The molecule has 0 saturated carbocycles. The molecule has 0 aromatic carbocycles. The number of ether oxygens (including phenoxy) is 1. The molecule has 2 aliphatic rings. The topological polar surface area (TPSA) is 65.6 Å². The van der Waals surface area contributed by atoms with Crippen LogP contribution in [0.25, 0.3) is 0 Å². The Morgan fingerprint density at radius 2 is 1.96 bits per heavy atom. The molecule has 3 heterocycles. The maximum Gasteiger partial charge on any atom is 0.231 e. The molecule has 0 aliphatic carbocycles. The number of hydrogen-bond acceptors (Lipinski definition) is 6. The number of hydrogen-bond donors (Lipinski definition) is 2. The van der Waals surface area contributed by atoms with Gasteiger partial charge in [0, 0.05) is 51.0 Å². The molecule has 26 heavy (non-hydrogen) atoms. The number of nitrogens with zero attached hydrogens (tertiary/aromatic N) is 4. The number of aromatic nitrogens is 2. The lowest BCUT2D eigenvalue weighted by molar-refractivity contribution is 0.0389. The fraction of sp³-hybridized carbons (Fsp3) is 0.722. The van der Waals surface area contributed by atoms with Gasteiger partial charge in [0.1, 0.15) is 5.82 Å². The zero-order chi connectivity index (χ0) is 18.4. The summed E-state index contributed by atoms with van der Waals surface area (Å²) < 4.78 is 5.36. The van der Waals surface area contributed by atoms with Gasteiger partial charge in [-0.1, -0.05) is 6.92 Å². The van der Waals surface area contributed by atoms with Crippen molar-refractivity contribution in [1.82, 2.24) is 20.2 Å². The third-order valence-electron chi connectivity index (χ3n) is 4.99. The van der Waals surface area contributed by atoms with Gasteiger partial charge in [-0.05, 0) is 37.9 Å². The Morgan fingerprint density at radius 1 is 1.23 bits per heavy atom. The molecule has 1 aromatic heterocycles. The number of morpholine rings is 1. The van der Waals surface area contributed by atoms with Gasteiger partial charge in [0.15, 0.2) is 5.11 Å². The van der Waals surface area contributed by atoms with Gasteiger partial charge in [-0.3, -0.25) is 4.90 Å². The highest BCUT2D eigenvalue weighted by Gasteiger charge is 2.18. The van der Waals surface area contributed by atoms with E-state index in [1.165, 1.54) is 12.8 Å². The Kier molecular flexibility index (Phi) is 6.99. The molecule has 0 amide bonds. The lowest BCUT2D eigenvalue weighted by atomic mass is 9.99. The summed E-state index contributed by atoms with van der Waals surface area (Å²) >= 11 is 5.40. The van der Waals surface area contributed by atoms with E-state index in [9.17, 15) is 0 Å². The number of aryl methyl sites for hydroxylation is 1. The number of piperidine rings is 1. The summed E-state index contributed by atoms with van der Waals surface area (Å²) in [4.78, 5) is 13.9. The van der Waals surface area contributed by atoms with Gasteiger partial charge in [-0.2, -0.15) is 4.98 Å². The zero-order valence-corrected chi connectivity index (χ0v) is 16.6. The summed E-state index contributed by atoms with van der Waals surface area (Å²) in [7, 11) is 0. The highest BCUT2D eigenvalue weighted by atomic mass is 32.1. The maximum absolute atomic E-state index is 5.40. The fourth-order valence-corrected chi connectivity index (χ4v) is 3.50. The van der Waals surface area contributed by atoms with Gasteiger partial charge in [0.25, 0.3) is 0 Å². The Hall–Kier alpha value is -1.51. The van der Waals surface area contributed by atoms with E-state index < -0.39 is 0 Å². The van der Waals surface area contributed by atoms with E-state index in [4.69, 9.17) is 17.0 Å². The molecule has 2 fully saturated rings. The number of nitrogens with one attached hydrogen (secondary N) is 2. The molecule has 7 nitrogen and oxygen atoms in total. The van der Waals surface area contributed by atoms with Gasteiger partial charge in [-0.25, -0.2) is 4.98 Å². The Morgan fingerprint density at radius 3 is 2.69 bits per heavy atom. The van der Waals surface area contributed by atoms with Crippen LogP contribution in [0.2, 0.25) is 0 Å². The van der Waals surface area contributed by atoms with Crippen molar-refractivity contribution in [3.8, 4) is 0 Å². The molecule has 8 heteroatoms. The van der Waals surface area contributed by atoms with E-state index in [1.54, 1.807) is 0 Å². The monoisotopic (exact) mass is 378 g/mol. The van der Waals surface area contributed by atoms with Crippen LogP contribution in [0, 0.1) is 12.8 Å². The van der Waals surface area contributed by atoms with Crippen LogP contribution in [0.1, 0.15) is 25.5 Å². The van der Waals surface area contributed by atoms with Crippen molar-refractivity contribution in [2.75, 3.05) is 62.7 Å².